The van der Waals surface area contributed by atoms with Gasteiger partial charge in [0, 0.05) is 44.1 Å². The van der Waals surface area contributed by atoms with Crippen LogP contribution < -0.4 is 16.0 Å². The molecule has 186 valence electrons. The van der Waals surface area contributed by atoms with E-state index in [-0.39, 0.29) is 35.8 Å². The Kier molecular flexibility index (Phi) is 5.80. The molecular weight excluding hydrogens is 546 g/mol. The van der Waals surface area contributed by atoms with E-state index < -0.39 is 22.7 Å². The molecule has 2 aromatic rings. The number of carbonyl (C=O) groups excluding carboxylic acids is 3. The second-order valence-corrected chi connectivity index (χ2v) is 11.3. The van der Waals surface area contributed by atoms with Gasteiger partial charge in [0.25, 0.3) is 0 Å². The predicted molar refractivity (Wildman–Crippen MR) is 141 cm³/mol. The molecule has 0 fully saturated rings. The van der Waals surface area contributed by atoms with Crippen LogP contribution in [0.2, 0.25) is 5.02 Å². The van der Waals surface area contributed by atoms with E-state index in [1.807, 2.05) is 13.8 Å². The molecule has 2 aromatic carbocycles. The number of carbonyl (C=O) groups is 3. The zero-order chi connectivity index (χ0) is 26.0. The van der Waals surface area contributed by atoms with Gasteiger partial charge in [0.15, 0.2) is 5.78 Å². The number of esters is 1. The van der Waals surface area contributed by atoms with Gasteiger partial charge in [-0.05, 0) is 61.2 Å². The monoisotopic (exact) mass is 569 g/mol. The molecule has 1 amide bonds. The summed E-state index contributed by atoms with van der Waals surface area (Å²) in [7, 11) is 0. The van der Waals surface area contributed by atoms with E-state index >= 15 is 0 Å². The van der Waals surface area contributed by atoms with Crippen LogP contribution in [-0.4, -0.2) is 24.3 Å². The van der Waals surface area contributed by atoms with Crippen LogP contribution in [0.1, 0.15) is 39.2 Å². The number of fused-ring (bicyclic) bond motifs is 3. The van der Waals surface area contributed by atoms with Crippen molar-refractivity contribution in [3.8, 4) is 0 Å². The molecule has 2 aliphatic heterocycles. The maximum atomic E-state index is 14.0. The molecule has 0 saturated carbocycles. The van der Waals surface area contributed by atoms with Crippen molar-refractivity contribution in [2.75, 3.05) is 16.8 Å². The number of anilines is 2. The van der Waals surface area contributed by atoms with E-state index in [0.29, 0.717) is 38.6 Å². The number of amides is 1. The highest BCUT2D eigenvalue weighted by molar-refractivity contribution is 9.10. The molecule has 0 saturated heterocycles. The number of halogens is 2. The number of hydrogen-bond acceptors (Lipinski definition) is 6. The van der Waals surface area contributed by atoms with E-state index in [9.17, 15) is 14.4 Å². The number of rotatable bonds is 3. The summed E-state index contributed by atoms with van der Waals surface area (Å²) < 4.78 is 6.14. The van der Waals surface area contributed by atoms with Crippen LogP contribution in [-0.2, 0) is 24.5 Å². The average Bonchev–Trinajstić information content (AvgIpc) is 3.05. The Morgan fingerprint density at radius 1 is 1.17 bits per heavy atom. The van der Waals surface area contributed by atoms with Crippen molar-refractivity contribution in [1.82, 2.24) is 0 Å². The van der Waals surface area contributed by atoms with Crippen molar-refractivity contribution in [3.05, 3.63) is 80.2 Å². The second kappa shape index (κ2) is 8.49. The molecule has 1 unspecified atom stereocenters. The maximum Gasteiger partial charge on any atom is 0.339 e. The minimum atomic E-state index is -1.73. The molecule has 5 rings (SSSR count). The molecule has 0 radical (unpaired) electrons. The Labute approximate surface area is 222 Å². The summed E-state index contributed by atoms with van der Waals surface area (Å²) in [5, 5.41) is 3.42. The number of nitrogens with zero attached hydrogens (tertiary/aromatic N) is 1. The lowest BCUT2D eigenvalue weighted by molar-refractivity contribution is -0.140. The van der Waals surface area contributed by atoms with Crippen LogP contribution in [0.5, 0.6) is 0 Å². The highest BCUT2D eigenvalue weighted by atomic mass is 79.9. The van der Waals surface area contributed by atoms with Gasteiger partial charge in [-0.25, -0.2) is 4.79 Å². The first-order valence-electron chi connectivity index (χ1n) is 11.6. The fourth-order valence-electron chi connectivity index (χ4n) is 5.60. The summed E-state index contributed by atoms with van der Waals surface area (Å²) in [6.45, 7) is 5.76. The van der Waals surface area contributed by atoms with Crippen molar-refractivity contribution in [1.29, 1.82) is 0 Å². The quantitative estimate of drug-likeness (QED) is 0.493. The molecule has 0 aromatic heterocycles. The van der Waals surface area contributed by atoms with Crippen LogP contribution in [0.3, 0.4) is 0 Å². The van der Waals surface area contributed by atoms with Gasteiger partial charge in [0.2, 0.25) is 5.91 Å². The number of nitrogens with two attached hydrogens (primary N) is 1. The van der Waals surface area contributed by atoms with Crippen molar-refractivity contribution < 1.29 is 19.1 Å². The van der Waals surface area contributed by atoms with Gasteiger partial charge < -0.3 is 15.8 Å². The first-order valence-corrected chi connectivity index (χ1v) is 12.8. The fourth-order valence-corrected chi connectivity index (χ4v) is 6.08. The van der Waals surface area contributed by atoms with Crippen LogP contribution in [0, 0.1) is 5.41 Å². The first-order chi connectivity index (χ1) is 17.0. The van der Waals surface area contributed by atoms with Gasteiger partial charge in [0.1, 0.15) is 16.8 Å². The lowest BCUT2D eigenvalue weighted by atomic mass is 9.60. The molecule has 3 N–H and O–H groups in total. The van der Waals surface area contributed by atoms with Crippen molar-refractivity contribution in [2.24, 2.45) is 11.1 Å². The summed E-state index contributed by atoms with van der Waals surface area (Å²) in [5.41, 5.74) is 7.09. The van der Waals surface area contributed by atoms with E-state index in [4.69, 9.17) is 22.1 Å². The van der Waals surface area contributed by atoms with Gasteiger partial charge in [-0.3, -0.25) is 14.5 Å². The van der Waals surface area contributed by atoms with Crippen molar-refractivity contribution in [2.45, 2.75) is 39.0 Å². The first kappa shape index (κ1) is 24.6. The fraction of sp³-hybridized carbons (Fsp3) is 0.296. The number of Topliss-reactive ketones (excluding diaryl/α,β-unsaturated/α-hetero) is 1. The Morgan fingerprint density at radius 3 is 2.53 bits per heavy atom. The predicted octanol–water partition coefficient (Wildman–Crippen LogP) is 5.19. The van der Waals surface area contributed by atoms with Crippen LogP contribution in [0.4, 0.5) is 11.4 Å². The summed E-state index contributed by atoms with van der Waals surface area (Å²) in [6, 6.07) is 12.3. The third-order valence-corrected chi connectivity index (χ3v) is 7.65. The number of hydrogen-bond donors (Lipinski definition) is 2. The van der Waals surface area contributed by atoms with Gasteiger partial charge in [0.05, 0.1) is 6.61 Å². The minimum Gasteiger partial charge on any atom is -0.462 e. The Balaban J connectivity index is 1.92. The van der Waals surface area contributed by atoms with Crippen LogP contribution in [0.15, 0.2) is 69.6 Å². The molecule has 7 nitrogen and oxygen atoms in total. The molecule has 3 aliphatic rings. The molecule has 1 aliphatic carbocycles. The maximum absolute atomic E-state index is 14.0. The van der Waals surface area contributed by atoms with Gasteiger partial charge in [-0.15, -0.1) is 0 Å². The van der Waals surface area contributed by atoms with Gasteiger partial charge >= 0.3 is 5.97 Å². The molecule has 2 heterocycles. The normalized spacial score (nSPS) is 22.5. The molecule has 0 bridgehead atoms. The number of ether oxygens (including phenoxy) is 1. The van der Waals surface area contributed by atoms with E-state index in [0.717, 1.165) is 0 Å². The summed E-state index contributed by atoms with van der Waals surface area (Å²) >= 11 is 9.63. The topological polar surface area (TPSA) is 102 Å². The van der Waals surface area contributed by atoms with Crippen LogP contribution in [0.25, 0.3) is 0 Å². The smallest absolute Gasteiger partial charge is 0.339 e. The summed E-state index contributed by atoms with van der Waals surface area (Å²) in [4.78, 5) is 43.3. The second-order valence-electron chi connectivity index (χ2n) is 9.95. The molecule has 1 spiro atoms. The Hall–Kier alpha value is -3.10. The summed E-state index contributed by atoms with van der Waals surface area (Å²) in [5.74, 6) is -1.42. The van der Waals surface area contributed by atoms with Crippen LogP contribution >= 0.6 is 27.5 Å². The van der Waals surface area contributed by atoms with Gasteiger partial charge in [-0.1, -0.05) is 41.4 Å². The van der Waals surface area contributed by atoms with Crippen molar-refractivity contribution >= 4 is 56.6 Å². The molecule has 9 heteroatoms. The average molecular weight is 571 g/mol. The third-order valence-electron chi connectivity index (χ3n) is 6.91. The largest absolute Gasteiger partial charge is 0.462 e. The van der Waals surface area contributed by atoms with E-state index in [2.05, 4.69) is 21.2 Å². The summed E-state index contributed by atoms with van der Waals surface area (Å²) in [6.07, 6.45) is 0.681. The number of ketones is 1. The SMILES string of the molecule is CCOC(=O)C1=C(N)N(c2ccc(Cl)cc2)C2=C(C(=O)CC(C)(C)C2)C12C(=O)Nc1ccc(Br)cc12. The van der Waals surface area contributed by atoms with E-state index in [1.54, 1.807) is 54.3 Å². The third kappa shape index (κ3) is 3.50. The highest BCUT2D eigenvalue weighted by Gasteiger charge is 2.63. The molecular formula is C27H25BrClN3O4. The standard InChI is InChI=1S/C27H25BrClN3O4/c1-4-36-24(34)22-23(30)32(16-8-6-15(29)7-9-16)19-12-26(2,3)13-20(33)21(19)27(22)17-11-14(28)5-10-18(17)31-25(27)35/h5-11H,4,12-13,30H2,1-3H3,(H,31,35). The highest BCUT2D eigenvalue weighted by Crippen LogP contribution is 2.57. The Morgan fingerprint density at radius 2 is 1.86 bits per heavy atom. The minimum absolute atomic E-state index is 0.0444. The van der Waals surface area contributed by atoms with Gasteiger partial charge in [-0.2, -0.15) is 0 Å². The molecule has 1 atom stereocenters. The van der Waals surface area contributed by atoms with Crippen molar-refractivity contribution in [3.63, 3.8) is 0 Å². The lowest BCUT2D eigenvalue weighted by Gasteiger charge is -2.47. The lowest BCUT2D eigenvalue weighted by Crippen LogP contribution is -2.54. The molecule has 36 heavy (non-hydrogen) atoms. The Bertz CT molecular complexity index is 1400. The van der Waals surface area contributed by atoms with E-state index in [1.165, 1.54) is 0 Å². The zero-order valence-electron chi connectivity index (χ0n) is 20.1. The number of benzene rings is 2. The number of allylic oxidation sites excluding steroid dienone is 1. The number of nitrogens with one attached hydrogen (secondary N) is 1. The zero-order valence-corrected chi connectivity index (χ0v) is 22.4.